The molecule has 1 aliphatic heterocycles. The highest BCUT2D eigenvalue weighted by Gasteiger charge is 2.40. The topological polar surface area (TPSA) is 12.5 Å². The molecule has 1 saturated heterocycles. The lowest BCUT2D eigenvalue weighted by atomic mass is 9.86. The zero-order valence-electron chi connectivity index (χ0n) is 20.0. The predicted molar refractivity (Wildman–Crippen MR) is 118 cm³/mol. The number of nitrogens with zero attached hydrogens (tertiary/aromatic N) is 1. The minimum absolute atomic E-state index is 0.0453. The molecule has 1 heterocycles. The number of ether oxygens (including phenoxy) is 1. The van der Waals surface area contributed by atoms with Gasteiger partial charge in [0.05, 0.1) is 22.8 Å². The summed E-state index contributed by atoms with van der Waals surface area (Å²) in [6, 6.07) is 2.83. The van der Waals surface area contributed by atoms with Crippen molar-refractivity contribution in [2.24, 2.45) is 0 Å². The van der Waals surface area contributed by atoms with Crippen LogP contribution in [0, 0.1) is 5.82 Å². The quantitative estimate of drug-likeness (QED) is 0.350. The molecule has 0 spiro atoms. The van der Waals surface area contributed by atoms with E-state index in [0.29, 0.717) is 55.0 Å². The standard InChI is InChI=1S/C26H23F10NO/c1-14-23(16-8-18(25(31,32)33)10-19(9-16)26(34,35)36)38-13-37(14)12-15-4-2-3-5-20(15)21-11-17(24(28,29)30)6-7-22(21)27/h6-11,14,23H,2-5,12-13H2,1H3/t14-,23-/m0/s1. The molecule has 12 heteroatoms. The fourth-order valence-electron chi connectivity index (χ4n) is 4.98. The maximum Gasteiger partial charge on any atom is 0.416 e. The SMILES string of the molecule is C[C@H]1[C@@H](c2cc(C(F)(F)F)cc(C(F)(F)F)c2)OCN1CC1=C(c2cc(C(F)(F)F)ccc2F)CCCC1. The van der Waals surface area contributed by atoms with Crippen LogP contribution in [-0.4, -0.2) is 24.2 Å². The van der Waals surface area contributed by atoms with Crippen molar-refractivity contribution < 1.29 is 48.6 Å². The van der Waals surface area contributed by atoms with E-state index >= 15 is 0 Å². The van der Waals surface area contributed by atoms with Crippen molar-refractivity contribution >= 4 is 5.57 Å². The molecule has 0 radical (unpaired) electrons. The van der Waals surface area contributed by atoms with Crippen LogP contribution >= 0.6 is 0 Å². The van der Waals surface area contributed by atoms with Crippen molar-refractivity contribution in [3.8, 4) is 0 Å². The second kappa shape index (κ2) is 10.2. The van der Waals surface area contributed by atoms with Crippen LogP contribution in [0.1, 0.15) is 66.5 Å². The molecule has 1 aliphatic carbocycles. The Labute approximate surface area is 211 Å². The molecule has 0 amide bonds. The average molecular weight is 555 g/mol. The normalized spacial score (nSPS) is 21.9. The van der Waals surface area contributed by atoms with Crippen molar-refractivity contribution in [3.05, 3.63) is 75.6 Å². The Morgan fingerprint density at radius 3 is 1.95 bits per heavy atom. The molecule has 0 N–H and O–H groups in total. The third kappa shape index (κ3) is 6.01. The van der Waals surface area contributed by atoms with Gasteiger partial charge in [-0.1, -0.05) is 5.57 Å². The molecule has 2 aliphatic rings. The summed E-state index contributed by atoms with van der Waals surface area (Å²) < 4.78 is 140. The van der Waals surface area contributed by atoms with Gasteiger partial charge in [0, 0.05) is 18.2 Å². The Balaban J connectivity index is 1.65. The second-order valence-corrected chi connectivity index (χ2v) is 9.52. The number of hydrogen-bond donors (Lipinski definition) is 0. The van der Waals surface area contributed by atoms with Crippen molar-refractivity contribution in [3.63, 3.8) is 0 Å². The van der Waals surface area contributed by atoms with Crippen LogP contribution in [0.2, 0.25) is 0 Å². The van der Waals surface area contributed by atoms with Gasteiger partial charge in [0.2, 0.25) is 0 Å². The summed E-state index contributed by atoms with van der Waals surface area (Å²) >= 11 is 0. The summed E-state index contributed by atoms with van der Waals surface area (Å²) in [6.45, 7) is 1.57. The van der Waals surface area contributed by atoms with Crippen molar-refractivity contribution in [1.29, 1.82) is 0 Å². The van der Waals surface area contributed by atoms with Crippen molar-refractivity contribution in [2.75, 3.05) is 13.3 Å². The summed E-state index contributed by atoms with van der Waals surface area (Å²) in [6.07, 6.45) is -13.7. The van der Waals surface area contributed by atoms with Gasteiger partial charge in [-0.2, -0.15) is 39.5 Å². The first-order chi connectivity index (χ1) is 17.6. The number of alkyl halides is 9. The summed E-state index contributed by atoms with van der Waals surface area (Å²) in [5.41, 5.74) is -3.26. The third-order valence-electron chi connectivity index (χ3n) is 6.97. The molecule has 4 rings (SSSR count). The van der Waals surface area contributed by atoms with Crippen LogP contribution < -0.4 is 0 Å². The number of hydrogen-bond acceptors (Lipinski definition) is 2. The summed E-state index contributed by atoms with van der Waals surface area (Å²) in [5, 5.41) is 0. The molecule has 1 fully saturated rings. The van der Waals surface area contributed by atoms with E-state index in [1.54, 1.807) is 11.8 Å². The minimum atomic E-state index is -5.01. The molecule has 38 heavy (non-hydrogen) atoms. The fraction of sp³-hybridized carbons (Fsp3) is 0.462. The minimum Gasteiger partial charge on any atom is -0.357 e. The molecule has 2 aromatic carbocycles. The first-order valence-electron chi connectivity index (χ1n) is 11.8. The largest absolute Gasteiger partial charge is 0.416 e. The maximum atomic E-state index is 14.6. The zero-order valence-corrected chi connectivity index (χ0v) is 20.0. The number of rotatable bonds is 4. The average Bonchev–Trinajstić information content (AvgIpc) is 3.17. The number of allylic oxidation sites excluding steroid dienone is 1. The molecule has 208 valence electrons. The van der Waals surface area contributed by atoms with Gasteiger partial charge < -0.3 is 4.74 Å². The Morgan fingerprint density at radius 2 is 1.37 bits per heavy atom. The smallest absolute Gasteiger partial charge is 0.357 e. The first kappa shape index (κ1) is 28.4. The summed E-state index contributed by atoms with van der Waals surface area (Å²) in [7, 11) is 0. The molecule has 2 atom stereocenters. The van der Waals surface area contributed by atoms with Crippen molar-refractivity contribution in [1.82, 2.24) is 4.90 Å². The molecular weight excluding hydrogens is 532 g/mol. The van der Waals surface area contributed by atoms with Gasteiger partial charge in [0.1, 0.15) is 12.5 Å². The van der Waals surface area contributed by atoms with E-state index in [9.17, 15) is 43.9 Å². The second-order valence-electron chi connectivity index (χ2n) is 9.52. The molecule has 2 nitrogen and oxygen atoms in total. The lowest BCUT2D eigenvalue weighted by Gasteiger charge is -2.28. The number of halogens is 10. The third-order valence-corrected chi connectivity index (χ3v) is 6.97. The zero-order chi connectivity index (χ0) is 28.0. The highest BCUT2D eigenvalue weighted by molar-refractivity contribution is 5.71. The molecule has 0 bridgehead atoms. The predicted octanol–water partition coefficient (Wildman–Crippen LogP) is 8.63. The van der Waals surface area contributed by atoms with Gasteiger partial charge in [-0.05, 0) is 80.1 Å². The van der Waals surface area contributed by atoms with E-state index < -0.39 is 53.2 Å². The molecule has 2 aromatic rings. The van der Waals surface area contributed by atoms with Crippen LogP contribution in [0.15, 0.2) is 42.0 Å². The molecule has 0 unspecified atom stereocenters. The highest BCUT2D eigenvalue weighted by atomic mass is 19.4. The Hall–Kier alpha value is -2.60. The van der Waals surface area contributed by atoms with E-state index in [2.05, 4.69) is 0 Å². The van der Waals surface area contributed by atoms with Gasteiger partial charge in [-0.25, -0.2) is 4.39 Å². The summed E-state index contributed by atoms with van der Waals surface area (Å²) in [5.74, 6) is -0.806. The monoisotopic (exact) mass is 555 g/mol. The first-order valence-corrected chi connectivity index (χ1v) is 11.8. The van der Waals surface area contributed by atoms with Gasteiger partial charge in [0.15, 0.2) is 0 Å². The van der Waals surface area contributed by atoms with E-state index in [0.717, 1.165) is 12.1 Å². The fourth-order valence-corrected chi connectivity index (χ4v) is 4.98. The van der Waals surface area contributed by atoms with E-state index in [4.69, 9.17) is 4.74 Å². The highest BCUT2D eigenvalue weighted by Crippen LogP contribution is 2.42. The van der Waals surface area contributed by atoms with Crippen LogP contribution in [0.5, 0.6) is 0 Å². The van der Waals surface area contributed by atoms with Crippen LogP contribution in [0.4, 0.5) is 43.9 Å². The van der Waals surface area contributed by atoms with Crippen LogP contribution in [-0.2, 0) is 23.3 Å². The molecular formula is C26H23F10NO. The number of benzene rings is 2. The van der Waals surface area contributed by atoms with E-state index in [-0.39, 0.29) is 30.5 Å². The van der Waals surface area contributed by atoms with Gasteiger partial charge in [0.25, 0.3) is 0 Å². The van der Waals surface area contributed by atoms with E-state index in [1.165, 1.54) is 0 Å². The van der Waals surface area contributed by atoms with E-state index in [1.807, 2.05) is 0 Å². The summed E-state index contributed by atoms with van der Waals surface area (Å²) in [4.78, 5) is 1.67. The lowest BCUT2D eigenvalue weighted by Crippen LogP contribution is -2.32. The van der Waals surface area contributed by atoms with Gasteiger partial charge in [-0.3, -0.25) is 4.90 Å². The van der Waals surface area contributed by atoms with Gasteiger partial charge in [-0.15, -0.1) is 0 Å². The Kier molecular flexibility index (Phi) is 7.61. The Bertz CT molecular complexity index is 1180. The molecule has 0 saturated carbocycles. The Morgan fingerprint density at radius 1 is 0.789 bits per heavy atom. The van der Waals surface area contributed by atoms with Crippen LogP contribution in [0.3, 0.4) is 0 Å². The molecule has 0 aromatic heterocycles. The van der Waals surface area contributed by atoms with Gasteiger partial charge >= 0.3 is 18.5 Å². The lowest BCUT2D eigenvalue weighted by molar-refractivity contribution is -0.143. The maximum absolute atomic E-state index is 14.6. The van der Waals surface area contributed by atoms with Crippen LogP contribution in [0.25, 0.3) is 5.57 Å². The van der Waals surface area contributed by atoms with Crippen molar-refractivity contribution in [2.45, 2.75) is 63.3 Å².